The summed E-state index contributed by atoms with van der Waals surface area (Å²) in [6.45, 7) is 10.1. The number of aromatic nitrogens is 3. The monoisotopic (exact) mass is 410 g/mol. The molecule has 1 heterocycles. The summed E-state index contributed by atoms with van der Waals surface area (Å²) in [7, 11) is 0. The summed E-state index contributed by atoms with van der Waals surface area (Å²) in [6, 6.07) is 12.0. The highest BCUT2D eigenvalue weighted by Crippen LogP contribution is 2.28. The lowest BCUT2D eigenvalue weighted by Gasteiger charge is -2.14. The maximum atomic E-state index is 13.2. The van der Waals surface area contributed by atoms with Crippen molar-refractivity contribution in [3.05, 3.63) is 72.1 Å². The molecule has 7 heteroatoms. The molecule has 0 spiro atoms. The highest BCUT2D eigenvalue weighted by atomic mass is 32.2. The third-order valence-corrected chi connectivity index (χ3v) is 5.50. The molecule has 0 radical (unpaired) electrons. The van der Waals surface area contributed by atoms with E-state index in [-0.39, 0.29) is 17.0 Å². The number of amides is 1. The molecule has 0 saturated carbocycles. The number of nitrogens with zero attached hydrogens (tertiary/aromatic N) is 3. The zero-order valence-electron chi connectivity index (χ0n) is 16.6. The molecule has 1 amide bonds. The summed E-state index contributed by atoms with van der Waals surface area (Å²) in [5, 5.41) is 11.7. The number of benzene rings is 2. The number of halogens is 1. The van der Waals surface area contributed by atoms with Gasteiger partial charge in [0.15, 0.2) is 11.0 Å². The van der Waals surface area contributed by atoms with Crippen LogP contribution in [0.25, 0.3) is 11.4 Å². The zero-order valence-corrected chi connectivity index (χ0v) is 17.5. The molecule has 0 aliphatic carbocycles. The smallest absolute Gasteiger partial charge is 0.237 e. The predicted octanol–water partition coefficient (Wildman–Crippen LogP) is 5.01. The first-order valence-electron chi connectivity index (χ1n) is 9.24. The number of aryl methyl sites for hydroxylation is 2. The van der Waals surface area contributed by atoms with Crippen LogP contribution in [0.1, 0.15) is 18.1 Å². The first-order chi connectivity index (χ1) is 13.9. The molecule has 0 saturated heterocycles. The van der Waals surface area contributed by atoms with Crippen LogP contribution in [0.2, 0.25) is 0 Å². The van der Waals surface area contributed by atoms with Crippen LogP contribution in [0.5, 0.6) is 0 Å². The fourth-order valence-electron chi connectivity index (χ4n) is 2.88. The van der Waals surface area contributed by atoms with E-state index in [4.69, 9.17) is 0 Å². The molecule has 29 heavy (non-hydrogen) atoms. The van der Waals surface area contributed by atoms with E-state index in [0.717, 1.165) is 22.4 Å². The van der Waals surface area contributed by atoms with Gasteiger partial charge >= 0.3 is 0 Å². The van der Waals surface area contributed by atoms with Gasteiger partial charge in [0.1, 0.15) is 5.82 Å². The number of hydrogen-bond acceptors (Lipinski definition) is 4. The summed E-state index contributed by atoms with van der Waals surface area (Å²) in [5.41, 5.74) is 3.71. The minimum absolute atomic E-state index is 0.113. The van der Waals surface area contributed by atoms with E-state index in [1.54, 1.807) is 18.2 Å². The largest absolute Gasteiger partial charge is 0.325 e. The third kappa shape index (κ3) is 4.92. The maximum absolute atomic E-state index is 13.2. The Morgan fingerprint density at radius 3 is 2.62 bits per heavy atom. The molecule has 2 aromatic carbocycles. The van der Waals surface area contributed by atoms with Gasteiger partial charge in [-0.25, -0.2) is 4.39 Å². The average Bonchev–Trinajstić information content (AvgIpc) is 3.07. The van der Waals surface area contributed by atoms with Crippen LogP contribution in [-0.2, 0) is 11.3 Å². The molecule has 0 aliphatic rings. The molecule has 150 valence electrons. The molecule has 1 atom stereocenters. The van der Waals surface area contributed by atoms with Gasteiger partial charge in [0.05, 0.1) is 5.25 Å². The first kappa shape index (κ1) is 20.8. The SMILES string of the molecule is C=CCn1c(S[C@H](C)C(=O)Nc2ccc(C)cc2C)nnc1-c1ccc(F)cc1. The average molecular weight is 411 g/mol. The quantitative estimate of drug-likeness (QED) is 0.440. The normalized spacial score (nSPS) is 11.9. The van der Waals surface area contributed by atoms with Crippen molar-refractivity contribution in [1.82, 2.24) is 14.8 Å². The first-order valence-corrected chi connectivity index (χ1v) is 10.1. The zero-order chi connectivity index (χ0) is 21.0. The highest BCUT2D eigenvalue weighted by Gasteiger charge is 2.21. The highest BCUT2D eigenvalue weighted by molar-refractivity contribution is 8.00. The molecule has 5 nitrogen and oxygen atoms in total. The summed E-state index contributed by atoms with van der Waals surface area (Å²) in [6.07, 6.45) is 1.74. The van der Waals surface area contributed by atoms with Gasteiger partial charge < -0.3 is 5.32 Å². The minimum Gasteiger partial charge on any atom is -0.325 e. The lowest BCUT2D eigenvalue weighted by molar-refractivity contribution is -0.115. The van der Waals surface area contributed by atoms with Crippen molar-refractivity contribution in [2.75, 3.05) is 5.32 Å². The second-order valence-corrected chi connectivity index (χ2v) is 8.09. The lowest BCUT2D eigenvalue weighted by atomic mass is 10.1. The number of hydrogen-bond donors (Lipinski definition) is 1. The summed E-state index contributed by atoms with van der Waals surface area (Å²) in [5.74, 6) is 0.183. The van der Waals surface area contributed by atoms with Gasteiger partial charge in [0.25, 0.3) is 0 Å². The molecule has 0 unspecified atom stereocenters. The van der Waals surface area contributed by atoms with Crippen molar-refractivity contribution in [3.63, 3.8) is 0 Å². The van der Waals surface area contributed by atoms with Crippen LogP contribution < -0.4 is 5.32 Å². The van der Waals surface area contributed by atoms with E-state index >= 15 is 0 Å². The van der Waals surface area contributed by atoms with Crippen molar-refractivity contribution in [2.24, 2.45) is 0 Å². The van der Waals surface area contributed by atoms with Gasteiger partial charge in [0.2, 0.25) is 5.91 Å². The molecule has 1 aromatic heterocycles. The number of anilines is 1. The van der Waals surface area contributed by atoms with Gasteiger partial charge in [-0.1, -0.05) is 35.5 Å². The number of allylic oxidation sites excluding steroid dienone is 1. The Kier molecular flexibility index (Phi) is 6.49. The Hall–Kier alpha value is -2.93. The van der Waals surface area contributed by atoms with E-state index in [1.165, 1.54) is 23.9 Å². The third-order valence-electron chi connectivity index (χ3n) is 4.42. The number of rotatable bonds is 7. The van der Waals surface area contributed by atoms with Crippen molar-refractivity contribution < 1.29 is 9.18 Å². The maximum Gasteiger partial charge on any atom is 0.237 e. The van der Waals surface area contributed by atoms with Gasteiger partial charge in [-0.3, -0.25) is 9.36 Å². The summed E-state index contributed by atoms with van der Waals surface area (Å²) < 4.78 is 15.1. The standard InChI is InChI=1S/C22H23FN4OS/c1-5-12-27-20(17-7-9-18(23)10-8-17)25-26-22(27)29-16(4)21(28)24-19-11-6-14(2)13-15(19)3/h5-11,13,16H,1,12H2,2-4H3,(H,24,28)/t16-/m1/s1. The van der Waals surface area contributed by atoms with Crippen LogP contribution >= 0.6 is 11.8 Å². The number of carbonyl (C=O) groups is 1. The van der Waals surface area contributed by atoms with Crippen molar-refractivity contribution in [2.45, 2.75) is 37.7 Å². The van der Waals surface area contributed by atoms with Crippen LogP contribution in [-0.4, -0.2) is 25.9 Å². The molecule has 0 aliphatic heterocycles. The predicted molar refractivity (Wildman–Crippen MR) is 115 cm³/mol. The Bertz CT molecular complexity index is 1030. The Balaban J connectivity index is 1.78. The summed E-state index contributed by atoms with van der Waals surface area (Å²) >= 11 is 1.32. The van der Waals surface area contributed by atoms with Crippen molar-refractivity contribution in [3.8, 4) is 11.4 Å². The van der Waals surface area contributed by atoms with Gasteiger partial charge in [-0.05, 0) is 56.7 Å². The minimum atomic E-state index is -0.385. The second kappa shape index (κ2) is 9.05. The van der Waals surface area contributed by atoms with Crippen molar-refractivity contribution >= 4 is 23.4 Å². The van der Waals surface area contributed by atoms with Gasteiger partial charge in [-0.2, -0.15) is 0 Å². The van der Waals surface area contributed by atoms with E-state index in [1.807, 2.05) is 43.5 Å². The number of carbonyl (C=O) groups excluding carboxylic acids is 1. The molecule has 1 N–H and O–H groups in total. The molecular formula is C22H23FN4OS. The molecule has 0 fully saturated rings. The van der Waals surface area contributed by atoms with E-state index in [9.17, 15) is 9.18 Å². The molecule has 3 aromatic rings. The Morgan fingerprint density at radius 2 is 1.97 bits per heavy atom. The van der Waals surface area contributed by atoms with Gasteiger partial charge in [0, 0.05) is 17.8 Å². The van der Waals surface area contributed by atoms with Gasteiger partial charge in [-0.15, -0.1) is 16.8 Å². The van der Waals surface area contributed by atoms with E-state index in [2.05, 4.69) is 22.1 Å². The molecule has 3 rings (SSSR count). The number of nitrogens with one attached hydrogen (secondary N) is 1. The van der Waals surface area contributed by atoms with Crippen LogP contribution in [0, 0.1) is 19.7 Å². The van der Waals surface area contributed by atoms with E-state index in [0.29, 0.717) is 17.5 Å². The fraction of sp³-hybridized carbons (Fsp3) is 0.227. The van der Waals surface area contributed by atoms with Crippen LogP contribution in [0.15, 0.2) is 60.3 Å². The number of thioether (sulfide) groups is 1. The molecule has 0 bridgehead atoms. The lowest BCUT2D eigenvalue weighted by Crippen LogP contribution is -2.23. The molecular weight excluding hydrogens is 387 g/mol. The Morgan fingerprint density at radius 1 is 1.24 bits per heavy atom. The summed E-state index contributed by atoms with van der Waals surface area (Å²) in [4.78, 5) is 12.7. The second-order valence-electron chi connectivity index (χ2n) is 6.78. The van der Waals surface area contributed by atoms with Crippen LogP contribution in [0.3, 0.4) is 0 Å². The Labute approximate surface area is 174 Å². The van der Waals surface area contributed by atoms with E-state index < -0.39 is 0 Å². The van der Waals surface area contributed by atoms with Crippen LogP contribution in [0.4, 0.5) is 10.1 Å². The topological polar surface area (TPSA) is 59.8 Å². The van der Waals surface area contributed by atoms with Crippen molar-refractivity contribution in [1.29, 1.82) is 0 Å². The fourth-order valence-corrected chi connectivity index (χ4v) is 3.74.